The molecule has 5 aliphatic heterocycles. The number of nitrogens with one attached hydrogen (secondary N) is 1. The van der Waals surface area contributed by atoms with Crippen molar-refractivity contribution >= 4 is 5.91 Å². The largest absolute Gasteiger partial charge is 0.394 e. The molecule has 5 fully saturated rings. The van der Waals surface area contributed by atoms with Gasteiger partial charge in [-0.25, -0.2) is 0 Å². The van der Waals surface area contributed by atoms with Gasteiger partial charge in [-0.2, -0.15) is 0 Å². The van der Waals surface area contributed by atoms with Gasteiger partial charge in [0.1, 0.15) is 97.7 Å². The fraction of sp³-hybridized carbons (Fsp3) is 0.449. The van der Waals surface area contributed by atoms with Crippen LogP contribution >= 0.6 is 0 Å². The number of carbonyl (C=O) groups is 1. The first-order chi connectivity index (χ1) is 54.7. The van der Waals surface area contributed by atoms with Crippen molar-refractivity contribution in [2.75, 3.05) is 13.2 Å². The summed E-state index contributed by atoms with van der Waals surface area (Å²) < 4.78 is 119. The molecule has 0 bridgehead atoms. The van der Waals surface area contributed by atoms with E-state index in [1.807, 2.05) is 257 Å². The van der Waals surface area contributed by atoms with Gasteiger partial charge in [0.05, 0.1) is 96.5 Å². The van der Waals surface area contributed by atoms with E-state index < -0.39 is 166 Å². The SMILES string of the molecule is CC(=O)NC1[C@H](C)OC(CO)[C@@H](O)[C@@H]1O[C@@H]1OC(C)[C@H](OCc2ccccc2)[C@H](O[C@@H]2OC(C)[C@H](OCc3ccccc3)[C@H](OCc3ccccc3)C2O[C@@H]2OC(C)[C@H](OCc3ccccc3)[C@H](O[C@H]3O[C@@H](COCc4ccccc4)[C@@H](OCc4ccccc4)C(OCc4ccccc4)C3OCc3ccccc3)C2O)C1O. The molecule has 112 heavy (non-hydrogen) atoms. The van der Waals surface area contributed by atoms with Crippen molar-refractivity contribution in [2.45, 2.75) is 241 Å². The minimum Gasteiger partial charge on any atom is -0.394 e. The Balaban J connectivity index is 0.897. The van der Waals surface area contributed by atoms with Crippen LogP contribution in [0.1, 0.15) is 79.1 Å². The Morgan fingerprint density at radius 2 is 0.589 bits per heavy atom. The number of carbonyl (C=O) groups excluding carboxylic acids is 1. The lowest BCUT2D eigenvalue weighted by Gasteiger charge is -2.52. The van der Waals surface area contributed by atoms with Crippen molar-refractivity contribution in [2.24, 2.45) is 0 Å². The van der Waals surface area contributed by atoms with Gasteiger partial charge in [-0.15, -0.1) is 0 Å². The van der Waals surface area contributed by atoms with Crippen LogP contribution in [0.4, 0.5) is 0 Å². The number of rotatable bonds is 35. The summed E-state index contributed by atoms with van der Waals surface area (Å²) >= 11 is 0. The van der Waals surface area contributed by atoms with Crippen LogP contribution in [0.25, 0.3) is 0 Å². The first-order valence-electron chi connectivity index (χ1n) is 38.7. The Labute approximate surface area is 655 Å². The second kappa shape index (κ2) is 41.1. The Bertz CT molecular complexity index is 4010. The van der Waals surface area contributed by atoms with Gasteiger partial charge in [0.15, 0.2) is 25.2 Å². The molecule has 0 spiro atoms. The highest BCUT2D eigenvalue weighted by Crippen LogP contribution is 2.41. The maximum Gasteiger partial charge on any atom is 0.217 e. The van der Waals surface area contributed by atoms with Crippen molar-refractivity contribution in [1.29, 1.82) is 0 Å². The third-order valence-electron chi connectivity index (χ3n) is 20.9. The van der Waals surface area contributed by atoms with Gasteiger partial charge >= 0.3 is 0 Å². The van der Waals surface area contributed by atoms with E-state index in [4.69, 9.17) is 80.5 Å². The van der Waals surface area contributed by atoms with E-state index in [0.717, 1.165) is 44.5 Å². The second-order valence-electron chi connectivity index (χ2n) is 29.2. The molecule has 0 saturated carbocycles. The molecule has 5 aliphatic rings. The van der Waals surface area contributed by atoms with Gasteiger partial charge in [0.2, 0.25) is 5.91 Å². The van der Waals surface area contributed by atoms with Gasteiger partial charge in [-0.3, -0.25) is 4.79 Å². The van der Waals surface area contributed by atoms with Crippen LogP contribution < -0.4 is 5.32 Å². The van der Waals surface area contributed by atoms with Gasteiger partial charge in [-0.1, -0.05) is 243 Å². The Hall–Kier alpha value is -7.61. The van der Waals surface area contributed by atoms with E-state index in [1.54, 1.807) is 13.8 Å². The number of benzene rings is 8. The van der Waals surface area contributed by atoms with Crippen LogP contribution in [0.15, 0.2) is 243 Å². The number of aliphatic hydroxyl groups is 4. The van der Waals surface area contributed by atoms with Gasteiger partial charge in [0, 0.05) is 6.92 Å². The quantitative estimate of drug-likeness (QED) is 0.0247. The second-order valence-corrected chi connectivity index (χ2v) is 29.2. The third kappa shape index (κ3) is 21.9. The molecule has 0 aliphatic carbocycles. The van der Waals surface area contributed by atoms with Crippen LogP contribution in [0.5, 0.6) is 0 Å². The molecule has 13 rings (SSSR count). The minimum atomic E-state index is -1.77. The van der Waals surface area contributed by atoms with Crippen molar-refractivity contribution < 1.29 is 106 Å². The molecule has 8 aromatic rings. The highest BCUT2D eigenvalue weighted by atomic mass is 16.8. The molecule has 25 atom stereocenters. The predicted molar refractivity (Wildman–Crippen MR) is 409 cm³/mol. The summed E-state index contributed by atoms with van der Waals surface area (Å²) in [5.41, 5.74) is 6.89. The highest BCUT2D eigenvalue weighted by molar-refractivity contribution is 5.73. The highest BCUT2D eigenvalue weighted by Gasteiger charge is 2.59. The molecule has 5 saturated heterocycles. The van der Waals surface area contributed by atoms with Crippen LogP contribution in [0.2, 0.25) is 0 Å². The van der Waals surface area contributed by atoms with Crippen LogP contribution in [-0.2, 0) is 138 Å². The topological polar surface area (TPSA) is 267 Å². The number of amides is 1. The third-order valence-corrected chi connectivity index (χ3v) is 20.9. The zero-order chi connectivity index (χ0) is 77.7. The first-order valence-corrected chi connectivity index (χ1v) is 38.7. The lowest BCUT2D eigenvalue weighted by Crippen LogP contribution is -2.69. The zero-order valence-corrected chi connectivity index (χ0v) is 63.7. The average Bonchev–Trinajstić information content (AvgIpc) is 0.759. The predicted octanol–water partition coefficient (Wildman–Crippen LogP) is 10.2. The molecule has 0 aromatic heterocycles. The summed E-state index contributed by atoms with van der Waals surface area (Å²) in [7, 11) is 0. The maximum absolute atomic E-state index is 13.8. The fourth-order valence-electron chi connectivity index (χ4n) is 15.0. The summed E-state index contributed by atoms with van der Waals surface area (Å²) in [6.45, 7) is 8.66. The molecular weight excluding hydrogens is 1430 g/mol. The summed E-state index contributed by atoms with van der Waals surface area (Å²) in [6.07, 6.45) is -29.4. The van der Waals surface area contributed by atoms with Crippen LogP contribution in [0.3, 0.4) is 0 Å². The monoisotopic (exact) mass is 1540 g/mol. The lowest BCUT2D eigenvalue weighted by molar-refractivity contribution is -0.404. The summed E-state index contributed by atoms with van der Waals surface area (Å²) in [6, 6.07) is 76.6. The van der Waals surface area contributed by atoms with E-state index >= 15 is 0 Å². The van der Waals surface area contributed by atoms with Gasteiger partial charge in [-0.05, 0) is 72.2 Å². The first kappa shape index (κ1) is 82.4. The molecule has 1 amide bonds. The van der Waals surface area contributed by atoms with Crippen LogP contribution in [0, 0.1) is 0 Å². The molecule has 5 heterocycles. The summed E-state index contributed by atoms with van der Waals surface area (Å²) in [5, 5.41) is 52.2. The molecular formula is C89H105NO22. The van der Waals surface area contributed by atoms with E-state index in [9.17, 15) is 25.2 Å². The van der Waals surface area contributed by atoms with Gasteiger partial charge < -0.3 is 106 Å². The van der Waals surface area contributed by atoms with Crippen molar-refractivity contribution in [3.8, 4) is 0 Å². The molecule has 598 valence electrons. The molecule has 23 nitrogen and oxygen atoms in total. The smallest absolute Gasteiger partial charge is 0.217 e. The number of hydrogen-bond acceptors (Lipinski definition) is 22. The van der Waals surface area contributed by atoms with Crippen molar-refractivity contribution in [3.63, 3.8) is 0 Å². The summed E-state index contributed by atoms with van der Waals surface area (Å²) in [4.78, 5) is 12.8. The summed E-state index contributed by atoms with van der Waals surface area (Å²) in [5.74, 6) is -0.443. The number of aliphatic hydroxyl groups excluding tert-OH is 4. The van der Waals surface area contributed by atoms with Crippen LogP contribution in [-0.4, -0.2) is 193 Å². The van der Waals surface area contributed by atoms with E-state index in [-0.39, 0.29) is 59.5 Å². The zero-order valence-electron chi connectivity index (χ0n) is 63.7. The number of hydrogen-bond donors (Lipinski definition) is 5. The van der Waals surface area contributed by atoms with E-state index in [2.05, 4.69) is 5.32 Å². The molecule has 5 N–H and O–H groups in total. The maximum atomic E-state index is 13.8. The Morgan fingerprint density at radius 1 is 0.304 bits per heavy atom. The fourth-order valence-corrected chi connectivity index (χ4v) is 15.0. The van der Waals surface area contributed by atoms with E-state index in [0.29, 0.717) is 0 Å². The molecule has 10 unspecified atom stereocenters. The van der Waals surface area contributed by atoms with E-state index in [1.165, 1.54) is 6.92 Å². The van der Waals surface area contributed by atoms with Crippen molar-refractivity contribution in [3.05, 3.63) is 287 Å². The Morgan fingerprint density at radius 3 is 0.946 bits per heavy atom. The normalized spacial score (nSPS) is 32.2. The van der Waals surface area contributed by atoms with Crippen molar-refractivity contribution in [1.82, 2.24) is 5.32 Å². The molecule has 0 radical (unpaired) electrons. The van der Waals surface area contributed by atoms with Gasteiger partial charge in [0.25, 0.3) is 0 Å². The average molecular weight is 1540 g/mol. The number of ether oxygens (including phenoxy) is 17. The molecule has 23 heteroatoms. The Kier molecular flexibility index (Phi) is 30.2. The minimum absolute atomic E-state index is 0.000675. The standard InChI is InChI=1S/C89H105NO22/c1-56-71(90-60(5)92)79(72(93)69(46-91)104-56)109-86-73(94)81(76(57(2)105-86)98-49-63-34-18-8-19-35-63)111-89-85(82(101-52-66-40-24-11-25-41-66)77(59(4)107-89)99-50-64-36-20-9-21-37-64)112-87-74(95)80(75(58(3)106-87)97-48-62-32-16-7-17-33-62)110-88-84(103-54-68-44-28-13-29-45-68)83(102-53-67-42-26-12-27-43-67)78(100-51-65-38-22-10-23-39-65)70(108-88)55-96-47-61-30-14-6-15-31-61/h6-45,56-59,69-89,91,93-95H,46-55H2,1-5H3,(H,90,92)/t56-,57?,58?,59?,69?,70-,71?,72+,73?,74?,75-,76-,77-,78+,79+,80+,81+,82-,83?,84?,85?,86-,87-,88+,89-/m0/s1. The molecule has 8 aromatic carbocycles. The lowest BCUT2D eigenvalue weighted by atomic mass is 9.92.